The second-order valence-corrected chi connectivity index (χ2v) is 10.6. The van der Waals surface area contributed by atoms with Gasteiger partial charge in [0, 0.05) is 0 Å². The van der Waals surface area contributed by atoms with Gasteiger partial charge in [0.2, 0.25) is 0 Å². The van der Waals surface area contributed by atoms with Gasteiger partial charge in [-0.25, -0.2) is 0 Å². The van der Waals surface area contributed by atoms with Crippen molar-refractivity contribution >= 4 is 0 Å². The molecule has 29 heavy (non-hydrogen) atoms. The SMILES string of the molecule is CCC1(CCCCCCc2cc(O)c(O)c(CCCCCCC3(C)CC3)c2)CC1. The van der Waals surface area contributed by atoms with Crippen LogP contribution in [0.5, 0.6) is 11.5 Å². The Hall–Kier alpha value is -1.18. The maximum atomic E-state index is 10.2. The first-order valence-corrected chi connectivity index (χ1v) is 12.5. The van der Waals surface area contributed by atoms with Gasteiger partial charge in [-0.2, -0.15) is 0 Å². The van der Waals surface area contributed by atoms with E-state index in [4.69, 9.17) is 0 Å². The summed E-state index contributed by atoms with van der Waals surface area (Å²) in [6.45, 7) is 4.75. The molecule has 0 aliphatic heterocycles. The average Bonchev–Trinajstić information content (AvgIpc) is 3.63. The predicted molar refractivity (Wildman–Crippen MR) is 123 cm³/mol. The number of aromatic hydroxyl groups is 2. The monoisotopic (exact) mass is 400 g/mol. The molecule has 2 N–H and O–H groups in total. The number of phenolic OH excluding ortho intramolecular Hbond substituents is 2. The highest BCUT2D eigenvalue weighted by molar-refractivity contribution is 5.47. The standard InChI is InChI=1S/C27H44O2/c1-3-27(18-19-27)15-11-7-4-8-12-22-20-23(25(29)24(28)21-22)13-9-5-6-10-14-26(2)16-17-26/h20-21,28-29H,3-19H2,1-2H3. The molecule has 2 aliphatic carbocycles. The van der Waals surface area contributed by atoms with Gasteiger partial charge in [-0.15, -0.1) is 0 Å². The molecule has 0 radical (unpaired) electrons. The summed E-state index contributed by atoms with van der Waals surface area (Å²) in [6, 6.07) is 3.90. The second-order valence-electron chi connectivity index (χ2n) is 10.6. The number of unbranched alkanes of at least 4 members (excludes halogenated alkanes) is 6. The summed E-state index contributed by atoms with van der Waals surface area (Å²) in [5.41, 5.74) is 3.53. The van der Waals surface area contributed by atoms with Gasteiger partial charge in [-0.05, 0) is 92.2 Å². The third kappa shape index (κ3) is 7.23. The van der Waals surface area contributed by atoms with Crippen LogP contribution in [0.4, 0.5) is 0 Å². The molecule has 2 nitrogen and oxygen atoms in total. The van der Waals surface area contributed by atoms with Crippen molar-refractivity contribution in [3.63, 3.8) is 0 Å². The molecule has 1 aromatic carbocycles. The molecular weight excluding hydrogens is 356 g/mol. The van der Waals surface area contributed by atoms with E-state index in [0.717, 1.165) is 30.2 Å². The first-order valence-electron chi connectivity index (χ1n) is 12.5. The molecule has 0 aromatic heterocycles. The van der Waals surface area contributed by atoms with Crippen LogP contribution in [0.3, 0.4) is 0 Å². The van der Waals surface area contributed by atoms with Gasteiger partial charge < -0.3 is 10.2 Å². The summed E-state index contributed by atoms with van der Waals surface area (Å²) in [4.78, 5) is 0. The molecule has 0 atom stereocenters. The van der Waals surface area contributed by atoms with Crippen LogP contribution in [-0.4, -0.2) is 10.2 Å². The Balaban J connectivity index is 1.32. The maximum absolute atomic E-state index is 10.2. The molecule has 1 aromatic rings. The number of aryl methyl sites for hydroxylation is 2. The Kier molecular flexibility index (Phi) is 7.93. The van der Waals surface area contributed by atoms with E-state index in [1.807, 2.05) is 0 Å². The number of hydrogen-bond donors (Lipinski definition) is 2. The lowest BCUT2D eigenvalue weighted by atomic mass is 9.94. The van der Waals surface area contributed by atoms with Crippen LogP contribution in [0.2, 0.25) is 0 Å². The fourth-order valence-corrected chi connectivity index (χ4v) is 4.90. The molecule has 0 spiro atoms. The molecular formula is C27H44O2. The third-order valence-corrected chi connectivity index (χ3v) is 7.94. The molecule has 3 rings (SSSR count). The summed E-state index contributed by atoms with van der Waals surface area (Å²) < 4.78 is 0. The Labute approximate surface area is 179 Å². The molecule has 0 bridgehead atoms. The van der Waals surface area contributed by atoms with Gasteiger partial charge in [-0.1, -0.05) is 64.9 Å². The zero-order valence-corrected chi connectivity index (χ0v) is 19.1. The van der Waals surface area contributed by atoms with Crippen molar-refractivity contribution in [2.45, 2.75) is 123 Å². The van der Waals surface area contributed by atoms with Gasteiger partial charge in [0.05, 0.1) is 0 Å². The first-order chi connectivity index (χ1) is 14.0. The summed E-state index contributed by atoms with van der Waals surface area (Å²) in [7, 11) is 0. The zero-order chi connectivity index (χ0) is 20.7. The van der Waals surface area contributed by atoms with Crippen molar-refractivity contribution in [3.05, 3.63) is 23.3 Å². The van der Waals surface area contributed by atoms with Crippen LogP contribution in [0.1, 0.15) is 121 Å². The van der Waals surface area contributed by atoms with Crippen LogP contribution in [0.15, 0.2) is 12.1 Å². The molecule has 164 valence electrons. The van der Waals surface area contributed by atoms with E-state index in [0.29, 0.717) is 5.41 Å². The summed E-state index contributed by atoms with van der Waals surface area (Å²) in [6.07, 6.45) is 21.9. The highest BCUT2D eigenvalue weighted by Gasteiger charge is 2.39. The number of benzene rings is 1. The minimum absolute atomic E-state index is 0.0674. The Morgan fingerprint density at radius 3 is 2.00 bits per heavy atom. The quantitative estimate of drug-likeness (QED) is 0.231. The summed E-state index contributed by atoms with van der Waals surface area (Å²) in [5, 5.41) is 20.4. The molecule has 0 heterocycles. The van der Waals surface area contributed by atoms with Crippen LogP contribution < -0.4 is 0 Å². The minimum Gasteiger partial charge on any atom is -0.504 e. The van der Waals surface area contributed by atoms with Gasteiger partial charge >= 0.3 is 0 Å². The molecule has 0 amide bonds. The van der Waals surface area contributed by atoms with Crippen molar-refractivity contribution in [3.8, 4) is 11.5 Å². The fraction of sp³-hybridized carbons (Fsp3) is 0.778. The van der Waals surface area contributed by atoms with Gasteiger partial charge in [-0.3, -0.25) is 0 Å². The number of phenols is 2. The highest BCUT2D eigenvalue weighted by Crippen LogP contribution is 2.52. The zero-order valence-electron chi connectivity index (χ0n) is 19.1. The third-order valence-electron chi connectivity index (χ3n) is 7.94. The largest absolute Gasteiger partial charge is 0.504 e. The normalized spacial score (nSPS) is 18.7. The Bertz CT molecular complexity index is 640. The lowest BCUT2D eigenvalue weighted by Gasteiger charge is -2.12. The molecule has 2 saturated carbocycles. The Morgan fingerprint density at radius 1 is 0.759 bits per heavy atom. The number of hydrogen-bond acceptors (Lipinski definition) is 2. The van der Waals surface area contributed by atoms with Gasteiger partial charge in [0.25, 0.3) is 0 Å². The summed E-state index contributed by atoms with van der Waals surface area (Å²) in [5.74, 6) is 0.173. The van der Waals surface area contributed by atoms with Gasteiger partial charge in [0.1, 0.15) is 0 Å². The molecule has 2 fully saturated rings. The topological polar surface area (TPSA) is 40.5 Å². The molecule has 2 heteroatoms. The lowest BCUT2D eigenvalue weighted by molar-refractivity contribution is 0.397. The Morgan fingerprint density at radius 2 is 1.38 bits per heavy atom. The van der Waals surface area contributed by atoms with Crippen LogP contribution in [0, 0.1) is 10.8 Å². The van der Waals surface area contributed by atoms with Crippen LogP contribution in [-0.2, 0) is 12.8 Å². The smallest absolute Gasteiger partial charge is 0.160 e. The van der Waals surface area contributed by atoms with Crippen LogP contribution >= 0.6 is 0 Å². The van der Waals surface area contributed by atoms with Crippen molar-refractivity contribution in [2.75, 3.05) is 0 Å². The van der Waals surface area contributed by atoms with Gasteiger partial charge in [0.15, 0.2) is 11.5 Å². The van der Waals surface area contributed by atoms with E-state index in [2.05, 4.69) is 19.9 Å². The second kappa shape index (κ2) is 10.2. The van der Waals surface area contributed by atoms with E-state index in [1.165, 1.54) is 95.5 Å². The van der Waals surface area contributed by atoms with E-state index in [1.54, 1.807) is 6.07 Å². The number of rotatable bonds is 15. The van der Waals surface area contributed by atoms with Crippen molar-refractivity contribution < 1.29 is 10.2 Å². The lowest BCUT2D eigenvalue weighted by Crippen LogP contribution is -1.97. The summed E-state index contributed by atoms with van der Waals surface area (Å²) >= 11 is 0. The molecule has 2 aliphatic rings. The van der Waals surface area contributed by atoms with Crippen molar-refractivity contribution in [2.24, 2.45) is 10.8 Å². The highest BCUT2D eigenvalue weighted by atomic mass is 16.3. The van der Waals surface area contributed by atoms with Crippen molar-refractivity contribution in [1.29, 1.82) is 0 Å². The van der Waals surface area contributed by atoms with E-state index >= 15 is 0 Å². The van der Waals surface area contributed by atoms with E-state index in [-0.39, 0.29) is 11.5 Å². The molecule has 0 saturated heterocycles. The minimum atomic E-state index is 0.0674. The maximum Gasteiger partial charge on any atom is 0.160 e. The molecule has 0 unspecified atom stereocenters. The fourth-order valence-electron chi connectivity index (χ4n) is 4.90. The van der Waals surface area contributed by atoms with E-state index in [9.17, 15) is 10.2 Å². The predicted octanol–water partition coefficient (Wildman–Crippen LogP) is 8.07. The van der Waals surface area contributed by atoms with E-state index < -0.39 is 0 Å². The van der Waals surface area contributed by atoms with Crippen molar-refractivity contribution in [1.82, 2.24) is 0 Å². The first kappa shape index (κ1) is 22.5. The van der Waals surface area contributed by atoms with Crippen LogP contribution in [0.25, 0.3) is 0 Å². The average molecular weight is 401 g/mol.